The number of aryl methyl sites for hydroxylation is 1. The molecule has 7 nitrogen and oxygen atoms in total. The zero-order valence-corrected chi connectivity index (χ0v) is 24.0. The summed E-state index contributed by atoms with van der Waals surface area (Å²) < 4.78 is 11.6. The van der Waals surface area contributed by atoms with Crippen LogP contribution in [0.3, 0.4) is 0 Å². The maximum absolute atomic E-state index is 13.2. The van der Waals surface area contributed by atoms with Crippen molar-refractivity contribution in [1.82, 2.24) is 4.98 Å². The highest BCUT2D eigenvalue weighted by Crippen LogP contribution is 2.63. The minimum absolute atomic E-state index is 0.0743. The highest BCUT2D eigenvalue weighted by atomic mass is 16.6. The topological polar surface area (TPSA) is 106 Å². The monoisotopic (exact) mass is 537 g/mol. The zero-order chi connectivity index (χ0) is 28.4. The van der Waals surface area contributed by atoms with Crippen LogP contribution in [0.1, 0.15) is 76.5 Å². The highest BCUT2D eigenvalue weighted by Gasteiger charge is 2.62. The van der Waals surface area contributed by atoms with Crippen LogP contribution in [0.5, 0.6) is 0 Å². The number of allylic oxidation sites excluding steroid dienone is 2. The van der Waals surface area contributed by atoms with Crippen LogP contribution >= 0.6 is 0 Å². The average molecular weight is 538 g/mol. The van der Waals surface area contributed by atoms with Gasteiger partial charge in [-0.1, -0.05) is 45.1 Å². The Hall–Kier alpha value is -2.51. The molecule has 1 saturated heterocycles. The first-order valence-electron chi connectivity index (χ1n) is 14.4. The van der Waals surface area contributed by atoms with E-state index in [9.17, 15) is 19.8 Å². The Labute approximate surface area is 231 Å². The van der Waals surface area contributed by atoms with E-state index in [1.165, 1.54) is 5.57 Å². The molecule has 39 heavy (non-hydrogen) atoms. The summed E-state index contributed by atoms with van der Waals surface area (Å²) in [5, 5.41) is 23.0. The Bertz CT molecular complexity index is 1210. The first-order chi connectivity index (χ1) is 18.3. The molecule has 2 heterocycles. The maximum Gasteiger partial charge on any atom is 0.357 e. The molecule has 3 fully saturated rings. The number of aromatic nitrogens is 1. The summed E-state index contributed by atoms with van der Waals surface area (Å²) in [7, 11) is 0. The number of nitrogens with zero attached hydrogens (tertiary/aromatic N) is 1. The number of ether oxygens (including phenoxy) is 2. The molecule has 0 spiro atoms. The van der Waals surface area contributed by atoms with Crippen LogP contribution in [-0.4, -0.2) is 51.0 Å². The number of rotatable bonds is 3. The van der Waals surface area contributed by atoms with Gasteiger partial charge in [-0.25, -0.2) is 14.6 Å². The molecule has 4 aliphatic rings. The van der Waals surface area contributed by atoms with E-state index >= 15 is 0 Å². The minimum atomic E-state index is -1.75. The molecule has 0 radical (unpaired) electrons. The average Bonchev–Trinajstić information content (AvgIpc) is 3.16. The number of cyclic esters (lactones) is 1. The fourth-order valence-corrected chi connectivity index (χ4v) is 8.58. The lowest BCUT2D eigenvalue weighted by molar-refractivity contribution is -0.209. The summed E-state index contributed by atoms with van der Waals surface area (Å²) in [5.41, 5.74) is 1.05. The van der Waals surface area contributed by atoms with Crippen LogP contribution < -0.4 is 0 Å². The summed E-state index contributed by atoms with van der Waals surface area (Å²) in [6, 6.07) is 5.37. The molecule has 0 aromatic carbocycles. The molecule has 0 amide bonds. The lowest BCUT2D eigenvalue weighted by atomic mass is 9.53. The summed E-state index contributed by atoms with van der Waals surface area (Å²) in [6.45, 7) is 16.8. The van der Waals surface area contributed by atoms with E-state index in [0.717, 1.165) is 25.0 Å². The van der Waals surface area contributed by atoms with Crippen molar-refractivity contribution in [2.45, 2.75) is 91.1 Å². The smallest absolute Gasteiger partial charge is 0.357 e. The number of hydrogen-bond donors (Lipinski definition) is 2. The zero-order valence-electron chi connectivity index (χ0n) is 24.0. The van der Waals surface area contributed by atoms with E-state index in [2.05, 4.69) is 45.3 Å². The highest BCUT2D eigenvalue weighted by molar-refractivity contribution is 5.87. The second-order valence-corrected chi connectivity index (χ2v) is 13.2. The van der Waals surface area contributed by atoms with Crippen LogP contribution in [0, 0.1) is 47.8 Å². The van der Waals surface area contributed by atoms with E-state index in [-0.39, 0.29) is 41.1 Å². The van der Waals surface area contributed by atoms with Gasteiger partial charge in [0, 0.05) is 17.5 Å². The quantitative estimate of drug-likeness (QED) is 0.421. The third kappa shape index (κ3) is 4.46. The number of aliphatic hydroxyl groups is 2. The fraction of sp³-hybridized carbons (Fsp3) is 0.656. The summed E-state index contributed by atoms with van der Waals surface area (Å²) in [5.74, 6) is -1.05. The molecule has 2 saturated carbocycles. The molecule has 7 heteroatoms. The number of pyridine rings is 1. The molecule has 3 aliphatic carbocycles. The number of carbonyl (C=O) groups is 2. The SMILES string of the molecule is C=C1C2CC3C(C(C)C)C(OC(=O)c4cccc(C)n4)CC3(C)CC2/C(C)=C\CC2C(C)OC(=O)C(O)C12O. The largest absolute Gasteiger partial charge is 0.460 e. The number of aliphatic hydroxyl groups excluding tert-OH is 1. The summed E-state index contributed by atoms with van der Waals surface area (Å²) in [4.78, 5) is 30.1. The van der Waals surface area contributed by atoms with Crippen molar-refractivity contribution < 1.29 is 29.3 Å². The molecule has 10 unspecified atom stereocenters. The van der Waals surface area contributed by atoms with Crippen molar-refractivity contribution in [3.05, 3.63) is 53.4 Å². The van der Waals surface area contributed by atoms with Crippen molar-refractivity contribution in [2.24, 2.45) is 40.9 Å². The first kappa shape index (κ1) is 28.0. The van der Waals surface area contributed by atoms with Crippen LogP contribution in [-0.2, 0) is 14.3 Å². The van der Waals surface area contributed by atoms with Gasteiger partial charge in [0.2, 0.25) is 0 Å². The first-order valence-corrected chi connectivity index (χ1v) is 14.4. The fourth-order valence-electron chi connectivity index (χ4n) is 8.58. The molecule has 2 N–H and O–H groups in total. The number of fused-ring (bicyclic) bond motifs is 3. The number of hydrogen-bond acceptors (Lipinski definition) is 7. The van der Waals surface area contributed by atoms with Crippen LogP contribution in [0.25, 0.3) is 0 Å². The van der Waals surface area contributed by atoms with Crippen LogP contribution in [0.4, 0.5) is 0 Å². The van der Waals surface area contributed by atoms with Crippen LogP contribution in [0.15, 0.2) is 42.0 Å². The third-order valence-corrected chi connectivity index (χ3v) is 10.6. The molecule has 10 atom stereocenters. The normalized spacial score (nSPS) is 43.3. The van der Waals surface area contributed by atoms with Gasteiger partial charge in [0.25, 0.3) is 0 Å². The van der Waals surface area contributed by atoms with Gasteiger partial charge in [0.05, 0.1) is 0 Å². The molecular formula is C32H43NO6. The van der Waals surface area contributed by atoms with Gasteiger partial charge in [-0.3, -0.25) is 0 Å². The minimum Gasteiger partial charge on any atom is -0.460 e. The molecule has 1 aromatic heterocycles. The van der Waals surface area contributed by atoms with Gasteiger partial charge in [-0.15, -0.1) is 0 Å². The predicted octanol–water partition coefficient (Wildman–Crippen LogP) is 4.80. The molecule has 1 aromatic rings. The summed E-state index contributed by atoms with van der Waals surface area (Å²) in [6.07, 6.45) is 2.58. The van der Waals surface area contributed by atoms with Gasteiger partial charge < -0.3 is 19.7 Å². The van der Waals surface area contributed by atoms with E-state index in [1.54, 1.807) is 13.0 Å². The van der Waals surface area contributed by atoms with Gasteiger partial charge in [0.1, 0.15) is 23.5 Å². The molecule has 0 bridgehead atoms. The number of esters is 2. The van der Waals surface area contributed by atoms with Crippen molar-refractivity contribution in [1.29, 1.82) is 0 Å². The van der Waals surface area contributed by atoms with E-state index in [1.807, 2.05) is 19.1 Å². The Balaban J connectivity index is 1.49. The lowest BCUT2D eigenvalue weighted by Crippen LogP contribution is -2.63. The second-order valence-electron chi connectivity index (χ2n) is 13.2. The van der Waals surface area contributed by atoms with E-state index in [4.69, 9.17) is 9.47 Å². The molecular weight excluding hydrogens is 494 g/mol. The Morgan fingerprint density at radius 2 is 1.92 bits per heavy atom. The molecule has 5 rings (SSSR count). The van der Waals surface area contributed by atoms with Gasteiger partial charge >= 0.3 is 11.9 Å². The van der Waals surface area contributed by atoms with Crippen molar-refractivity contribution in [2.75, 3.05) is 0 Å². The van der Waals surface area contributed by atoms with E-state index in [0.29, 0.717) is 17.7 Å². The Morgan fingerprint density at radius 3 is 2.59 bits per heavy atom. The second kappa shape index (κ2) is 9.84. The Morgan fingerprint density at radius 1 is 1.21 bits per heavy atom. The third-order valence-electron chi connectivity index (χ3n) is 10.6. The van der Waals surface area contributed by atoms with Crippen molar-refractivity contribution >= 4 is 11.9 Å². The van der Waals surface area contributed by atoms with Crippen molar-refractivity contribution in [3.8, 4) is 0 Å². The van der Waals surface area contributed by atoms with Crippen molar-refractivity contribution in [3.63, 3.8) is 0 Å². The molecule has 212 valence electrons. The lowest BCUT2D eigenvalue weighted by Gasteiger charge is -2.54. The maximum atomic E-state index is 13.2. The van der Waals surface area contributed by atoms with Gasteiger partial charge in [-0.2, -0.15) is 0 Å². The summed E-state index contributed by atoms with van der Waals surface area (Å²) >= 11 is 0. The number of carbonyl (C=O) groups excluding carboxylic acids is 2. The predicted molar refractivity (Wildman–Crippen MR) is 146 cm³/mol. The molecule has 1 aliphatic heterocycles. The van der Waals surface area contributed by atoms with Crippen LogP contribution in [0.2, 0.25) is 0 Å². The van der Waals surface area contributed by atoms with E-state index < -0.39 is 35.7 Å². The van der Waals surface area contributed by atoms with Gasteiger partial charge in [-0.05, 0) is 93.2 Å². The standard InChI is InChI=1S/C32H43NO6/c1-16(2)27-24-13-21-19(5)32(37)23(20(6)38-30(36)28(32)34)12-11-17(3)22(21)14-31(24,7)15-26(27)39-29(35)25-10-8-9-18(4)33-25/h8-11,16,20-24,26-28,34,37H,5,12-15H2,1-4,6-7H3/b17-11-. The van der Waals surface area contributed by atoms with Gasteiger partial charge in [0.15, 0.2) is 6.10 Å². The Kier molecular flexibility index (Phi) is 7.08.